The largest absolute Gasteiger partial charge is 0.465 e. The molecule has 0 aliphatic heterocycles. The number of rotatable bonds is 7. The molecule has 1 unspecified atom stereocenters. The van der Waals surface area contributed by atoms with Gasteiger partial charge < -0.3 is 14.6 Å². The van der Waals surface area contributed by atoms with Crippen molar-refractivity contribution in [1.29, 1.82) is 0 Å². The van der Waals surface area contributed by atoms with Gasteiger partial charge in [0.2, 0.25) is 0 Å². The third kappa shape index (κ3) is 4.56. The fourth-order valence-electron chi connectivity index (χ4n) is 1.96. The zero-order chi connectivity index (χ0) is 15.8. The van der Waals surface area contributed by atoms with E-state index in [1.165, 1.54) is 0 Å². The minimum absolute atomic E-state index is 0.135. The fourth-order valence-corrected chi connectivity index (χ4v) is 1.96. The number of benzene rings is 1. The number of aliphatic hydroxyl groups is 1. The molecule has 1 aromatic rings. The van der Waals surface area contributed by atoms with E-state index in [1.54, 1.807) is 26.0 Å². The van der Waals surface area contributed by atoms with E-state index in [2.05, 4.69) is 0 Å². The summed E-state index contributed by atoms with van der Waals surface area (Å²) in [7, 11) is 0. The molecule has 5 heteroatoms. The molecule has 0 saturated carbocycles. The SMILES string of the molecule is CCOC(=O)C(C(=O)OCC)C(O)c1ccc(CC)cc1. The molecular weight excluding hydrogens is 272 g/mol. The summed E-state index contributed by atoms with van der Waals surface area (Å²) < 4.78 is 9.72. The second-order valence-corrected chi connectivity index (χ2v) is 4.52. The normalized spacial score (nSPS) is 12.0. The van der Waals surface area contributed by atoms with Crippen molar-refractivity contribution in [2.24, 2.45) is 5.92 Å². The summed E-state index contributed by atoms with van der Waals surface area (Å²) in [5, 5.41) is 10.3. The summed E-state index contributed by atoms with van der Waals surface area (Å²) in [4.78, 5) is 23.8. The van der Waals surface area contributed by atoms with Gasteiger partial charge in [0.25, 0.3) is 0 Å². The van der Waals surface area contributed by atoms with Crippen LogP contribution in [0.2, 0.25) is 0 Å². The Morgan fingerprint density at radius 3 is 1.86 bits per heavy atom. The number of aliphatic hydroxyl groups excluding tert-OH is 1. The van der Waals surface area contributed by atoms with Crippen LogP contribution in [-0.4, -0.2) is 30.3 Å². The molecule has 1 atom stereocenters. The van der Waals surface area contributed by atoms with Crippen molar-refractivity contribution in [3.05, 3.63) is 35.4 Å². The lowest BCUT2D eigenvalue weighted by Crippen LogP contribution is -2.33. The average Bonchev–Trinajstić information content (AvgIpc) is 2.48. The molecule has 0 heterocycles. The molecule has 21 heavy (non-hydrogen) atoms. The van der Waals surface area contributed by atoms with Crippen LogP contribution in [-0.2, 0) is 25.5 Å². The first-order valence-electron chi connectivity index (χ1n) is 7.15. The minimum Gasteiger partial charge on any atom is -0.465 e. The van der Waals surface area contributed by atoms with Crippen LogP contribution in [0, 0.1) is 5.92 Å². The standard InChI is InChI=1S/C16H22O5/c1-4-11-7-9-12(10-8-11)14(17)13(15(18)20-5-2)16(19)21-6-3/h7-10,13-14,17H,4-6H2,1-3H3. The van der Waals surface area contributed by atoms with E-state index in [9.17, 15) is 14.7 Å². The summed E-state index contributed by atoms with van der Waals surface area (Å²) in [6.45, 7) is 5.57. The van der Waals surface area contributed by atoms with Gasteiger partial charge in [-0.3, -0.25) is 9.59 Å². The number of carbonyl (C=O) groups is 2. The van der Waals surface area contributed by atoms with Crippen molar-refractivity contribution in [1.82, 2.24) is 0 Å². The monoisotopic (exact) mass is 294 g/mol. The third-order valence-electron chi connectivity index (χ3n) is 3.13. The Morgan fingerprint density at radius 1 is 1.00 bits per heavy atom. The van der Waals surface area contributed by atoms with Gasteiger partial charge in [-0.05, 0) is 31.4 Å². The summed E-state index contributed by atoms with van der Waals surface area (Å²) in [5.41, 5.74) is 1.59. The first-order valence-corrected chi connectivity index (χ1v) is 7.15. The van der Waals surface area contributed by atoms with Gasteiger partial charge >= 0.3 is 11.9 Å². The maximum Gasteiger partial charge on any atom is 0.323 e. The highest BCUT2D eigenvalue weighted by molar-refractivity contribution is 5.95. The predicted octanol–water partition coefficient (Wildman–Crippen LogP) is 2.02. The van der Waals surface area contributed by atoms with Crippen molar-refractivity contribution < 1.29 is 24.2 Å². The Morgan fingerprint density at radius 2 is 1.48 bits per heavy atom. The van der Waals surface area contributed by atoms with Crippen LogP contribution in [0.25, 0.3) is 0 Å². The number of ether oxygens (including phenoxy) is 2. The van der Waals surface area contributed by atoms with Crippen molar-refractivity contribution >= 4 is 11.9 Å². The van der Waals surface area contributed by atoms with E-state index >= 15 is 0 Å². The van der Waals surface area contributed by atoms with Gasteiger partial charge in [-0.1, -0.05) is 31.2 Å². The second kappa shape index (κ2) is 8.42. The molecule has 0 bridgehead atoms. The highest BCUT2D eigenvalue weighted by Gasteiger charge is 2.37. The van der Waals surface area contributed by atoms with Crippen LogP contribution in [0.1, 0.15) is 38.0 Å². The molecule has 0 fully saturated rings. The molecule has 0 aliphatic carbocycles. The van der Waals surface area contributed by atoms with Crippen LogP contribution in [0.15, 0.2) is 24.3 Å². The highest BCUT2D eigenvalue weighted by atomic mass is 16.6. The fraction of sp³-hybridized carbons (Fsp3) is 0.500. The summed E-state index contributed by atoms with van der Waals surface area (Å²) in [6.07, 6.45) is -0.413. The number of aryl methyl sites for hydroxylation is 1. The first kappa shape index (κ1) is 17.2. The maximum atomic E-state index is 11.9. The van der Waals surface area contributed by atoms with Crippen LogP contribution in [0.3, 0.4) is 0 Å². The number of esters is 2. The van der Waals surface area contributed by atoms with E-state index < -0.39 is 24.0 Å². The molecule has 0 aromatic heterocycles. The van der Waals surface area contributed by atoms with E-state index in [0.717, 1.165) is 12.0 Å². The Labute approximate surface area is 124 Å². The lowest BCUT2D eigenvalue weighted by atomic mass is 9.94. The number of carbonyl (C=O) groups excluding carboxylic acids is 2. The van der Waals surface area contributed by atoms with Crippen molar-refractivity contribution in [2.45, 2.75) is 33.3 Å². The molecule has 1 rings (SSSR count). The van der Waals surface area contributed by atoms with Gasteiger partial charge in [-0.15, -0.1) is 0 Å². The minimum atomic E-state index is -1.36. The Hall–Kier alpha value is -1.88. The van der Waals surface area contributed by atoms with Gasteiger partial charge in [0, 0.05) is 0 Å². The van der Waals surface area contributed by atoms with Gasteiger partial charge in [0.15, 0.2) is 5.92 Å². The highest BCUT2D eigenvalue weighted by Crippen LogP contribution is 2.25. The van der Waals surface area contributed by atoms with Crippen LogP contribution >= 0.6 is 0 Å². The zero-order valence-corrected chi connectivity index (χ0v) is 12.7. The molecule has 1 aromatic carbocycles. The maximum absolute atomic E-state index is 11.9. The molecular formula is C16H22O5. The summed E-state index contributed by atoms with van der Waals surface area (Å²) in [5.74, 6) is -2.91. The summed E-state index contributed by atoms with van der Waals surface area (Å²) in [6, 6.07) is 7.11. The van der Waals surface area contributed by atoms with Crippen LogP contribution in [0.4, 0.5) is 0 Å². The molecule has 116 valence electrons. The smallest absolute Gasteiger partial charge is 0.323 e. The molecule has 0 saturated heterocycles. The van der Waals surface area contributed by atoms with E-state index in [1.807, 2.05) is 19.1 Å². The Balaban J connectivity index is 2.99. The van der Waals surface area contributed by atoms with Crippen molar-refractivity contribution in [3.8, 4) is 0 Å². The van der Waals surface area contributed by atoms with Crippen molar-refractivity contribution in [3.63, 3.8) is 0 Å². The molecule has 0 radical (unpaired) electrons. The molecule has 0 amide bonds. The van der Waals surface area contributed by atoms with Gasteiger partial charge in [0.05, 0.1) is 13.2 Å². The van der Waals surface area contributed by atoms with Gasteiger partial charge in [-0.2, -0.15) is 0 Å². The first-order chi connectivity index (χ1) is 10.0. The second-order valence-electron chi connectivity index (χ2n) is 4.52. The number of hydrogen-bond acceptors (Lipinski definition) is 5. The van der Waals surface area contributed by atoms with Crippen molar-refractivity contribution in [2.75, 3.05) is 13.2 Å². The van der Waals surface area contributed by atoms with Crippen LogP contribution in [0.5, 0.6) is 0 Å². The number of hydrogen-bond donors (Lipinski definition) is 1. The molecule has 0 spiro atoms. The lowest BCUT2D eigenvalue weighted by Gasteiger charge is -2.20. The predicted molar refractivity (Wildman–Crippen MR) is 77.5 cm³/mol. The van der Waals surface area contributed by atoms with Gasteiger partial charge in [0.1, 0.15) is 6.10 Å². The Kier molecular flexibility index (Phi) is 6.88. The van der Waals surface area contributed by atoms with Crippen LogP contribution < -0.4 is 0 Å². The lowest BCUT2D eigenvalue weighted by molar-refractivity contribution is -0.167. The molecule has 5 nitrogen and oxygen atoms in total. The molecule has 1 N–H and O–H groups in total. The average molecular weight is 294 g/mol. The Bertz CT molecular complexity index is 448. The quantitative estimate of drug-likeness (QED) is 0.615. The van der Waals surface area contributed by atoms with E-state index in [0.29, 0.717) is 5.56 Å². The molecule has 0 aliphatic rings. The van der Waals surface area contributed by atoms with E-state index in [4.69, 9.17) is 9.47 Å². The summed E-state index contributed by atoms with van der Waals surface area (Å²) >= 11 is 0. The van der Waals surface area contributed by atoms with Gasteiger partial charge in [-0.25, -0.2) is 0 Å². The third-order valence-corrected chi connectivity index (χ3v) is 3.13. The topological polar surface area (TPSA) is 72.8 Å². The zero-order valence-electron chi connectivity index (χ0n) is 12.7. The van der Waals surface area contributed by atoms with E-state index in [-0.39, 0.29) is 13.2 Å².